The maximum atomic E-state index is 10.6. The first-order valence-corrected chi connectivity index (χ1v) is 10.5. The zero-order chi connectivity index (χ0) is 21.7. The van der Waals surface area contributed by atoms with Crippen molar-refractivity contribution in [3.05, 3.63) is 83.7 Å². The highest BCUT2D eigenvalue weighted by atomic mass is 16.5. The third-order valence-electron chi connectivity index (χ3n) is 5.79. The molecule has 156 valence electrons. The number of hydrogen-bond acceptors (Lipinski definition) is 4. The zero-order valence-corrected chi connectivity index (χ0v) is 17.3. The van der Waals surface area contributed by atoms with E-state index in [9.17, 15) is 10.1 Å². The minimum atomic E-state index is -0.765. The van der Waals surface area contributed by atoms with Gasteiger partial charge in [0.2, 0.25) is 0 Å². The summed E-state index contributed by atoms with van der Waals surface area (Å²) in [7, 11) is 0. The van der Waals surface area contributed by atoms with E-state index in [1.165, 1.54) is 0 Å². The first kappa shape index (κ1) is 20.6. The number of carbonyl (C=O) groups is 1. The third kappa shape index (κ3) is 4.92. The van der Waals surface area contributed by atoms with Crippen LogP contribution in [0.3, 0.4) is 0 Å². The van der Waals surface area contributed by atoms with Crippen LogP contribution in [0.5, 0.6) is 5.75 Å². The van der Waals surface area contributed by atoms with Gasteiger partial charge in [0, 0.05) is 24.4 Å². The maximum absolute atomic E-state index is 10.6. The molecule has 5 heteroatoms. The molecule has 0 amide bonds. The molecule has 5 nitrogen and oxygen atoms in total. The van der Waals surface area contributed by atoms with Gasteiger partial charge < -0.3 is 9.84 Å². The number of benzene rings is 2. The molecule has 2 aromatic carbocycles. The summed E-state index contributed by atoms with van der Waals surface area (Å²) in [5.74, 6) is -0.00388. The molecule has 3 aromatic rings. The van der Waals surface area contributed by atoms with E-state index in [0.717, 1.165) is 52.8 Å². The fraction of sp³-hybridized carbons (Fsp3) is 0.269. The Morgan fingerprint density at radius 2 is 1.84 bits per heavy atom. The van der Waals surface area contributed by atoms with Crippen LogP contribution in [0.2, 0.25) is 0 Å². The minimum absolute atomic E-state index is 0.181. The second kappa shape index (κ2) is 9.01. The van der Waals surface area contributed by atoms with E-state index < -0.39 is 5.97 Å². The van der Waals surface area contributed by atoms with Crippen LogP contribution >= 0.6 is 0 Å². The van der Waals surface area contributed by atoms with Gasteiger partial charge in [0.25, 0.3) is 0 Å². The monoisotopic (exact) mass is 412 g/mol. The lowest BCUT2D eigenvalue weighted by atomic mass is 9.94. The van der Waals surface area contributed by atoms with Crippen LogP contribution in [0.25, 0.3) is 11.1 Å². The van der Waals surface area contributed by atoms with Gasteiger partial charge in [-0.1, -0.05) is 36.4 Å². The molecule has 0 aliphatic heterocycles. The summed E-state index contributed by atoms with van der Waals surface area (Å²) in [5, 5.41) is 18.1. The molecule has 0 spiro atoms. The van der Waals surface area contributed by atoms with Crippen molar-refractivity contribution in [3.8, 4) is 22.9 Å². The Balaban J connectivity index is 1.41. The highest BCUT2D eigenvalue weighted by molar-refractivity contribution is 5.67. The van der Waals surface area contributed by atoms with Crippen LogP contribution in [-0.4, -0.2) is 16.1 Å². The molecule has 0 atom stereocenters. The van der Waals surface area contributed by atoms with E-state index in [0.29, 0.717) is 13.0 Å². The minimum Gasteiger partial charge on any atom is -0.489 e. The average molecular weight is 412 g/mol. The van der Waals surface area contributed by atoms with Crippen molar-refractivity contribution in [2.24, 2.45) is 0 Å². The Hall–Kier alpha value is -3.65. The van der Waals surface area contributed by atoms with Crippen LogP contribution in [0.1, 0.15) is 42.4 Å². The summed E-state index contributed by atoms with van der Waals surface area (Å²) in [6.45, 7) is 0.394. The van der Waals surface area contributed by atoms with Crippen molar-refractivity contribution in [2.45, 2.75) is 44.1 Å². The molecule has 1 N–H and O–H groups in total. The second-order valence-electron chi connectivity index (χ2n) is 7.98. The second-order valence-corrected chi connectivity index (χ2v) is 7.98. The molecule has 1 aliphatic carbocycles. The Kier molecular flexibility index (Phi) is 5.99. The number of aromatic nitrogens is 1. The predicted molar refractivity (Wildman–Crippen MR) is 118 cm³/mol. The fourth-order valence-corrected chi connectivity index (χ4v) is 3.74. The number of rotatable bonds is 9. The first-order valence-electron chi connectivity index (χ1n) is 10.5. The molecule has 1 heterocycles. The van der Waals surface area contributed by atoms with Crippen molar-refractivity contribution < 1.29 is 14.6 Å². The van der Waals surface area contributed by atoms with Gasteiger partial charge in [-0.25, -0.2) is 0 Å². The topological polar surface area (TPSA) is 83.2 Å². The third-order valence-corrected chi connectivity index (χ3v) is 5.79. The van der Waals surface area contributed by atoms with Crippen LogP contribution in [-0.2, 0) is 23.2 Å². The van der Waals surface area contributed by atoms with E-state index in [2.05, 4.69) is 35.3 Å². The molecule has 0 unspecified atom stereocenters. The van der Waals surface area contributed by atoms with Gasteiger partial charge in [0.05, 0.1) is 11.5 Å². The Morgan fingerprint density at radius 3 is 2.48 bits per heavy atom. The van der Waals surface area contributed by atoms with Crippen molar-refractivity contribution >= 4 is 5.97 Å². The molecule has 1 saturated carbocycles. The summed E-state index contributed by atoms with van der Waals surface area (Å²) >= 11 is 0. The maximum Gasteiger partial charge on any atom is 0.303 e. The molecular weight excluding hydrogens is 388 g/mol. The lowest BCUT2D eigenvalue weighted by molar-refractivity contribution is -0.137. The van der Waals surface area contributed by atoms with Crippen LogP contribution in [0.15, 0.2) is 67.0 Å². The standard InChI is InChI=1S/C26H24N2O3/c27-18-26(13-14-26)22-8-6-20(7-9-22)24-12-15-28-16-21(24)17-31-23-10-4-19(5-11-23)2-1-3-25(29)30/h4-12,15-16H,1-3,13-14,17H2,(H,29,30). The van der Waals surface area contributed by atoms with Gasteiger partial charge >= 0.3 is 5.97 Å². The SMILES string of the molecule is N#CC1(c2ccc(-c3ccncc3COc3ccc(CCCC(=O)O)cc3)cc2)CC1. The van der Waals surface area contributed by atoms with Crippen molar-refractivity contribution in [1.82, 2.24) is 4.98 Å². The van der Waals surface area contributed by atoms with Crippen molar-refractivity contribution in [1.29, 1.82) is 5.26 Å². The number of carboxylic acids is 1. The summed E-state index contributed by atoms with van der Waals surface area (Å²) < 4.78 is 5.98. The highest BCUT2D eigenvalue weighted by Gasteiger charge is 2.44. The van der Waals surface area contributed by atoms with Gasteiger partial charge in [-0.3, -0.25) is 9.78 Å². The first-order chi connectivity index (χ1) is 15.1. The van der Waals surface area contributed by atoms with E-state index >= 15 is 0 Å². The molecule has 0 radical (unpaired) electrons. The smallest absolute Gasteiger partial charge is 0.303 e. The molecule has 4 rings (SSSR count). The molecule has 1 aromatic heterocycles. The van der Waals surface area contributed by atoms with Crippen molar-refractivity contribution in [3.63, 3.8) is 0 Å². The Labute approximate surface area is 182 Å². The number of aliphatic carboxylic acids is 1. The largest absolute Gasteiger partial charge is 0.489 e. The normalized spacial score (nSPS) is 13.9. The molecule has 1 aliphatic rings. The van der Waals surface area contributed by atoms with Crippen LogP contribution < -0.4 is 4.74 Å². The number of nitriles is 1. The highest BCUT2D eigenvalue weighted by Crippen LogP contribution is 2.47. The van der Waals surface area contributed by atoms with Crippen LogP contribution in [0, 0.1) is 11.3 Å². The summed E-state index contributed by atoms with van der Waals surface area (Å²) in [5.41, 5.74) is 5.04. The van der Waals surface area contributed by atoms with E-state index in [1.54, 1.807) is 6.20 Å². The predicted octanol–water partition coefficient (Wildman–Crippen LogP) is 5.29. The lowest BCUT2D eigenvalue weighted by Gasteiger charge is -2.13. The van der Waals surface area contributed by atoms with Gasteiger partial charge in [-0.15, -0.1) is 0 Å². The number of ether oxygens (including phenoxy) is 1. The fourth-order valence-electron chi connectivity index (χ4n) is 3.74. The van der Waals surface area contributed by atoms with Crippen molar-refractivity contribution in [2.75, 3.05) is 0 Å². The molecule has 0 saturated heterocycles. The summed E-state index contributed by atoms with van der Waals surface area (Å²) in [4.78, 5) is 14.9. The van der Waals surface area contributed by atoms with Gasteiger partial charge in [0.15, 0.2) is 0 Å². The van der Waals surface area contributed by atoms with Gasteiger partial charge in [-0.05, 0) is 66.1 Å². The summed E-state index contributed by atoms with van der Waals surface area (Å²) in [6.07, 6.45) is 7.02. The number of nitrogens with zero attached hydrogens (tertiary/aromatic N) is 2. The zero-order valence-electron chi connectivity index (χ0n) is 17.3. The Bertz CT molecular complexity index is 1090. The molecular formula is C26H24N2O3. The Morgan fingerprint density at radius 1 is 1.10 bits per heavy atom. The number of carboxylic acid groups (broad SMARTS) is 1. The number of pyridine rings is 1. The van der Waals surface area contributed by atoms with E-state index in [1.807, 2.05) is 36.5 Å². The van der Waals surface area contributed by atoms with Gasteiger partial charge in [0.1, 0.15) is 12.4 Å². The lowest BCUT2D eigenvalue weighted by Crippen LogP contribution is -2.02. The molecule has 31 heavy (non-hydrogen) atoms. The average Bonchev–Trinajstić information content (AvgIpc) is 3.60. The van der Waals surface area contributed by atoms with E-state index in [-0.39, 0.29) is 11.8 Å². The molecule has 1 fully saturated rings. The summed E-state index contributed by atoms with van der Waals surface area (Å²) in [6, 6.07) is 20.4. The number of hydrogen-bond donors (Lipinski definition) is 1. The molecule has 0 bridgehead atoms. The number of aryl methyl sites for hydroxylation is 1. The van der Waals surface area contributed by atoms with Crippen LogP contribution in [0.4, 0.5) is 0 Å². The quantitative estimate of drug-likeness (QED) is 0.516. The van der Waals surface area contributed by atoms with E-state index in [4.69, 9.17) is 9.84 Å². The van der Waals surface area contributed by atoms with Gasteiger partial charge in [-0.2, -0.15) is 5.26 Å².